The maximum atomic E-state index is 6.11. The fraction of sp³-hybridized carbons (Fsp3) is 0.455. The highest BCUT2D eigenvalue weighted by Crippen LogP contribution is 2.39. The van der Waals surface area contributed by atoms with Crippen LogP contribution in [-0.2, 0) is 0 Å². The van der Waals surface area contributed by atoms with Crippen LogP contribution in [0, 0.1) is 5.92 Å². The minimum absolute atomic E-state index is 0.289. The first-order chi connectivity index (χ1) is 7.33. The van der Waals surface area contributed by atoms with Gasteiger partial charge in [0, 0.05) is 18.7 Å². The Morgan fingerprint density at radius 1 is 1.27 bits per heavy atom. The standard InChI is InChI=1S/C11H12ClNO2/c12-8-3-10-11(15-6-14-10)4-9(8)13-5-7-1-2-7/h3-4,7,13H,1-2,5-6H2. The van der Waals surface area contributed by atoms with Gasteiger partial charge in [0.2, 0.25) is 6.79 Å². The van der Waals surface area contributed by atoms with Crippen LogP contribution in [-0.4, -0.2) is 13.3 Å². The van der Waals surface area contributed by atoms with Gasteiger partial charge in [-0.3, -0.25) is 0 Å². The summed E-state index contributed by atoms with van der Waals surface area (Å²) in [6, 6.07) is 3.71. The smallest absolute Gasteiger partial charge is 0.231 e. The molecule has 1 saturated carbocycles. The second-order valence-electron chi connectivity index (χ2n) is 4.01. The van der Waals surface area contributed by atoms with E-state index in [1.807, 2.05) is 6.07 Å². The zero-order chi connectivity index (χ0) is 10.3. The molecule has 80 valence electrons. The van der Waals surface area contributed by atoms with Crippen molar-refractivity contribution in [3.05, 3.63) is 17.2 Å². The van der Waals surface area contributed by atoms with Crippen molar-refractivity contribution in [2.75, 3.05) is 18.7 Å². The number of fused-ring (bicyclic) bond motifs is 1. The summed E-state index contributed by atoms with van der Waals surface area (Å²) < 4.78 is 10.5. The van der Waals surface area contributed by atoms with E-state index >= 15 is 0 Å². The third kappa shape index (κ3) is 1.84. The Balaban J connectivity index is 1.80. The molecule has 1 heterocycles. The Hall–Kier alpha value is -1.09. The predicted octanol–water partition coefficient (Wildman–Crippen LogP) is 2.89. The molecule has 1 aromatic carbocycles. The molecule has 2 aliphatic rings. The highest BCUT2D eigenvalue weighted by molar-refractivity contribution is 6.33. The van der Waals surface area contributed by atoms with E-state index < -0.39 is 0 Å². The molecule has 0 spiro atoms. The van der Waals surface area contributed by atoms with Crippen LogP contribution in [0.25, 0.3) is 0 Å². The second-order valence-corrected chi connectivity index (χ2v) is 4.42. The van der Waals surface area contributed by atoms with E-state index in [4.69, 9.17) is 21.1 Å². The lowest BCUT2D eigenvalue weighted by molar-refractivity contribution is 0.174. The lowest BCUT2D eigenvalue weighted by Gasteiger charge is -2.08. The van der Waals surface area contributed by atoms with Gasteiger partial charge in [-0.15, -0.1) is 0 Å². The molecule has 0 radical (unpaired) electrons. The van der Waals surface area contributed by atoms with Crippen LogP contribution in [0.4, 0.5) is 5.69 Å². The van der Waals surface area contributed by atoms with Gasteiger partial charge in [0.1, 0.15) is 0 Å². The molecular weight excluding hydrogens is 214 g/mol. The normalized spacial score (nSPS) is 17.9. The molecule has 4 heteroatoms. The van der Waals surface area contributed by atoms with Gasteiger partial charge in [-0.2, -0.15) is 0 Å². The third-order valence-electron chi connectivity index (χ3n) is 2.74. The van der Waals surface area contributed by atoms with E-state index in [0.717, 1.165) is 29.6 Å². The number of benzene rings is 1. The van der Waals surface area contributed by atoms with Crippen LogP contribution < -0.4 is 14.8 Å². The zero-order valence-corrected chi connectivity index (χ0v) is 9.01. The van der Waals surface area contributed by atoms with Crippen LogP contribution in [0.3, 0.4) is 0 Å². The molecule has 15 heavy (non-hydrogen) atoms. The number of anilines is 1. The summed E-state index contributed by atoms with van der Waals surface area (Å²) >= 11 is 6.11. The van der Waals surface area contributed by atoms with Crippen molar-refractivity contribution >= 4 is 17.3 Å². The molecule has 1 aromatic rings. The third-order valence-corrected chi connectivity index (χ3v) is 3.05. The fourth-order valence-electron chi connectivity index (χ4n) is 1.63. The first kappa shape index (κ1) is 9.16. The Morgan fingerprint density at radius 3 is 2.73 bits per heavy atom. The van der Waals surface area contributed by atoms with Crippen LogP contribution in [0.2, 0.25) is 5.02 Å². The van der Waals surface area contributed by atoms with Crippen molar-refractivity contribution in [2.45, 2.75) is 12.8 Å². The van der Waals surface area contributed by atoms with Gasteiger partial charge in [-0.05, 0) is 18.8 Å². The summed E-state index contributed by atoms with van der Waals surface area (Å²) in [6.45, 7) is 1.29. The van der Waals surface area contributed by atoms with Crippen LogP contribution in [0.1, 0.15) is 12.8 Å². The molecule has 1 aliphatic carbocycles. The summed E-state index contributed by atoms with van der Waals surface area (Å²) in [4.78, 5) is 0. The van der Waals surface area contributed by atoms with Gasteiger partial charge in [0.25, 0.3) is 0 Å². The molecule has 0 aromatic heterocycles. The Labute approximate surface area is 93.3 Å². The molecule has 1 aliphatic heterocycles. The minimum Gasteiger partial charge on any atom is -0.454 e. The number of hydrogen-bond donors (Lipinski definition) is 1. The van der Waals surface area contributed by atoms with E-state index in [-0.39, 0.29) is 6.79 Å². The highest BCUT2D eigenvalue weighted by Gasteiger charge is 2.22. The average Bonchev–Trinajstić information content (AvgIpc) is 2.94. The van der Waals surface area contributed by atoms with Crippen molar-refractivity contribution in [1.29, 1.82) is 0 Å². The van der Waals surface area contributed by atoms with Crippen LogP contribution in [0.5, 0.6) is 11.5 Å². The largest absolute Gasteiger partial charge is 0.454 e. The summed E-state index contributed by atoms with van der Waals surface area (Å²) in [5, 5.41) is 4.03. The first-order valence-electron chi connectivity index (χ1n) is 5.16. The zero-order valence-electron chi connectivity index (χ0n) is 8.25. The van der Waals surface area contributed by atoms with Crippen molar-refractivity contribution in [3.63, 3.8) is 0 Å². The molecular formula is C11H12ClNO2. The van der Waals surface area contributed by atoms with Gasteiger partial charge in [-0.1, -0.05) is 11.6 Å². The molecule has 0 bridgehead atoms. The summed E-state index contributed by atoms with van der Waals surface area (Å²) in [6.07, 6.45) is 2.66. The topological polar surface area (TPSA) is 30.5 Å². The molecule has 3 rings (SSSR count). The Morgan fingerprint density at radius 2 is 2.00 bits per heavy atom. The minimum atomic E-state index is 0.289. The number of halogens is 1. The van der Waals surface area contributed by atoms with Crippen molar-refractivity contribution in [3.8, 4) is 11.5 Å². The van der Waals surface area contributed by atoms with Gasteiger partial charge < -0.3 is 14.8 Å². The van der Waals surface area contributed by atoms with Gasteiger partial charge in [-0.25, -0.2) is 0 Å². The molecule has 0 amide bonds. The quantitative estimate of drug-likeness (QED) is 0.858. The van der Waals surface area contributed by atoms with Crippen LogP contribution >= 0.6 is 11.6 Å². The van der Waals surface area contributed by atoms with E-state index in [1.54, 1.807) is 6.07 Å². The lowest BCUT2D eigenvalue weighted by atomic mass is 10.2. The highest BCUT2D eigenvalue weighted by atomic mass is 35.5. The van der Waals surface area contributed by atoms with Crippen LogP contribution in [0.15, 0.2) is 12.1 Å². The molecule has 1 N–H and O–H groups in total. The van der Waals surface area contributed by atoms with E-state index in [0.29, 0.717) is 5.02 Å². The summed E-state index contributed by atoms with van der Waals surface area (Å²) in [5.41, 5.74) is 0.938. The van der Waals surface area contributed by atoms with E-state index in [2.05, 4.69) is 5.32 Å². The summed E-state index contributed by atoms with van der Waals surface area (Å²) in [7, 11) is 0. The molecule has 0 atom stereocenters. The van der Waals surface area contributed by atoms with Gasteiger partial charge in [0.15, 0.2) is 11.5 Å². The lowest BCUT2D eigenvalue weighted by Crippen LogP contribution is -2.03. The van der Waals surface area contributed by atoms with E-state index in [1.165, 1.54) is 12.8 Å². The van der Waals surface area contributed by atoms with Crippen molar-refractivity contribution < 1.29 is 9.47 Å². The number of rotatable bonds is 3. The number of ether oxygens (including phenoxy) is 2. The predicted molar refractivity (Wildman–Crippen MR) is 58.8 cm³/mol. The maximum absolute atomic E-state index is 6.11. The number of nitrogens with one attached hydrogen (secondary N) is 1. The van der Waals surface area contributed by atoms with E-state index in [9.17, 15) is 0 Å². The SMILES string of the molecule is Clc1cc2c(cc1NCC1CC1)OCO2. The van der Waals surface area contributed by atoms with Crippen molar-refractivity contribution in [2.24, 2.45) is 5.92 Å². The maximum Gasteiger partial charge on any atom is 0.231 e. The Bertz CT molecular complexity index is 390. The molecule has 1 fully saturated rings. The van der Waals surface area contributed by atoms with Gasteiger partial charge >= 0.3 is 0 Å². The summed E-state index contributed by atoms with van der Waals surface area (Å²) in [5.74, 6) is 2.33. The first-order valence-corrected chi connectivity index (χ1v) is 5.54. The number of hydrogen-bond acceptors (Lipinski definition) is 3. The monoisotopic (exact) mass is 225 g/mol. The molecule has 0 unspecified atom stereocenters. The van der Waals surface area contributed by atoms with Crippen molar-refractivity contribution in [1.82, 2.24) is 0 Å². The second kappa shape index (κ2) is 3.49. The average molecular weight is 226 g/mol. The Kier molecular flexibility index (Phi) is 2.13. The fourth-order valence-corrected chi connectivity index (χ4v) is 1.85. The van der Waals surface area contributed by atoms with Gasteiger partial charge in [0.05, 0.1) is 10.7 Å². The molecule has 3 nitrogen and oxygen atoms in total. The molecule has 0 saturated heterocycles.